The molecule has 50 heavy (non-hydrogen) atoms. The Kier molecular flexibility index (Phi) is 14.1. The number of aromatic amines is 2. The van der Waals surface area contributed by atoms with Crippen LogP contribution >= 0.6 is 15.6 Å². The van der Waals surface area contributed by atoms with Gasteiger partial charge in [-0.05, 0) is 0 Å². The molecule has 30 heteroatoms. The number of nitrogens with one attached hydrogen (secondary N) is 2. The van der Waals surface area contributed by atoms with Gasteiger partial charge in [-0.1, -0.05) is 0 Å². The monoisotopic (exact) mass is 770 g/mol. The summed E-state index contributed by atoms with van der Waals surface area (Å²) in [5, 5.41) is 38.8. The van der Waals surface area contributed by atoms with Crippen molar-refractivity contribution in [2.45, 2.75) is 49.1 Å². The van der Waals surface area contributed by atoms with Gasteiger partial charge in [0.15, 0.2) is 34.8 Å². The number of hydrogen-bond acceptors (Lipinski definition) is 20. The van der Waals surface area contributed by atoms with Crippen LogP contribution in [-0.2, 0) is 27.7 Å². The number of phosphoric acid groups is 2. The van der Waals surface area contributed by atoms with Crippen LogP contribution in [0, 0.1) is 0 Å². The molecule has 264 valence electrons. The maximum Gasteiger partial charge on any atom is 1.00 e. The number of phosphoric ester groups is 2. The molecule has 0 amide bonds. The van der Waals surface area contributed by atoms with Crippen molar-refractivity contribution in [1.82, 2.24) is 39.0 Å². The number of aliphatic hydroxyl groups excluding tert-OH is 4. The van der Waals surface area contributed by atoms with Gasteiger partial charge in [0.25, 0.3) is 26.8 Å². The molecule has 6 rings (SSSR count). The Labute approximate surface area is 320 Å². The Hall–Kier alpha value is -1.72. The van der Waals surface area contributed by atoms with Crippen molar-refractivity contribution in [2.24, 2.45) is 0 Å². The second-order valence-electron chi connectivity index (χ2n) is 10.1. The molecular formula is C20H26N10Na2O16P2. The second kappa shape index (κ2) is 16.5. The van der Waals surface area contributed by atoms with Crippen LogP contribution in [0.4, 0.5) is 11.9 Å². The fourth-order valence-electron chi connectivity index (χ4n) is 5.00. The molecule has 0 saturated carbocycles. The number of imidazole rings is 2. The Bertz CT molecular complexity index is 2020. The fourth-order valence-corrected chi connectivity index (χ4v) is 6.10. The summed E-state index contributed by atoms with van der Waals surface area (Å²) < 4.78 is 43.7. The van der Waals surface area contributed by atoms with E-state index in [1.807, 2.05) is 0 Å². The number of fused-ring (bicyclic) bond motifs is 2. The van der Waals surface area contributed by atoms with Crippen molar-refractivity contribution in [3.05, 3.63) is 33.4 Å². The van der Waals surface area contributed by atoms with Crippen LogP contribution in [0.25, 0.3) is 22.3 Å². The molecule has 2 unspecified atom stereocenters. The summed E-state index contributed by atoms with van der Waals surface area (Å²) in [6.45, 7) is -1.34. The summed E-state index contributed by atoms with van der Waals surface area (Å²) in [6.07, 6.45) is -9.19. The molecule has 0 aromatic carbocycles. The van der Waals surface area contributed by atoms with Crippen LogP contribution in [0.3, 0.4) is 0 Å². The maximum atomic E-state index is 11.8. The van der Waals surface area contributed by atoms with E-state index in [0.29, 0.717) is 0 Å². The van der Waals surface area contributed by atoms with Gasteiger partial charge in [-0.2, -0.15) is 9.97 Å². The molecule has 2 aliphatic rings. The summed E-state index contributed by atoms with van der Waals surface area (Å²) >= 11 is 0. The number of nitrogens with two attached hydrogens (primary N) is 2. The van der Waals surface area contributed by atoms with E-state index < -0.39 is 89.1 Å². The molecule has 26 nitrogen and oxygen atoms in total. The van der Waals surface area contributed by atoms with Gasteiger partial charge < -0.3 is 70.0 Å². The van der Waals surface area contributed by atoms with Crippen LogP contribution in [0.5, 0.6) is 0 Å². The molecule has 2 saturated heterocycles. The van der Waals surface area contributed by atoms with Gasteiger partial charge in [-0.25, -0.2) is 9.97 Å². The zero-order valence-corrected chi connectivity index (χ0v) is 31.5. The molecule has 6 heterocycles. The largest absolute Gasteiger partial charge is 1.00 e. The quantitative estimate of drug-likeness (QED) is 0.0587. The third kappa shape index (κ3) is 9.07. The average molecular weight is 770 g/mol. The van der Waals surface area contributed by atoms with Gasteiger partial charge in [0.2, 0.25) is 11.9 Å². The van der Waals surface area contributed by atoms with Crippen molar-refractivity contribution in [3.8, 4) is 0 Å². The van der Waals surface area contributed by atoms with Crippen LogP contribution < -0.4 is 91.5 Å². The van der Waals surface area contributed by atoms with Gasteiger partial charge in [0, 0.05) is 0 Å². The van der Waals surface area contributed by atoms with E-state index in [9.17, 15) is 48.9 Å². The van der Waals surface area contributed by atoms with Crippen molar-refractivity contribution in [1.29, 1.82) is 0 Å². The van der Waals surface area contributed by atoms with E-state index in [0.717, 1.165) is 21.8 Å². The molecular weight excluding hydrogens is 744 g/mol. The molecule has 2 fully saturated rings. The smallest absolute Gasteiger partial charge is 0.756 e. The zero-order chi connectivity index (χ0) is 35.3. The standard InChI is InChI=1S/2C10H14N5O8P.2Na/c11-10-13-7-4(8(18)14-10)12-2-15(7)9-5(17)6(3(1-16)22-9)23-24(19,20)21;11-10-13-7-4(8(18)14-10)12-2-15(7)9-6(23-24(19,20)21)5(17)3(1-16)22-9;;/h2*2-3,5-6,9,16-17H,1H2,(H2,19,20,21)(H3,11,13,14,18);;/q;;2*+1/p-2/t2*3-,5-,6-,9-;;/m11../s1. The minimum Gasteiger partial charge on any atom is -0.756 e. The van der Waals surface area contributed by atoms with E-state index in [1.165, 1.54) is 0 Å². The summed E-state index contributed by atoms with van der Waals surface area (Å²) in [4.78, 5) is 83.1. The molecule has 2 aliphatic heterocycles. The number of H-pyrrole nitrogens is 2. The Morgan fingerprint density at radius 2 is 1.20 bits per heavy atom. The molecule has 0 radical (unpaired) electrons. The van der Waals surface area contributed by atoms with E-state index in [-0.39, 0.29) is 93.3 Å². The first-order valence-electron chi connectivity index (χ1n) is 13.2. The van der Waals surface area contributed by atoms with Gasteiger partial charge in [-0.3, -0.25) is 37.8 Å². The Balaban J connectivity index is 0.000000260. The number of nitrogen functional groups attached to an aromatic ring is 2. The Morgan fingerprint density at radius 3 is 1.64 bits per heavy atom. The van der Waals surface area contributed by atoms with Gasteiger partial charge >= 0.3 is 59.1 Å². The predicted molar refractivity (Wildman–Crippen MR) is 149 cm³/mol. The van der Waals surface area contributed by atoms with E-state index in [1.54, 1.807) is 0 Å². The number of aliphatic hydroxyl groups is 4. The summed E-state index contributed by atoms with van der Waals surface area (Å²) in [6, 6.07) is 0. The van der Waals surface area contributed by atoms with Gasteiger partial charge in [0.05, 0.1) is 25.9 Å². The summed E-state index contributed by atoms with van der Waals surface area (Å²) in [5.41, 5.74) is 9.41. The fraction of sp³-hybridized carbons (Fsp3) is 0.500. The summed E-state index contributed by atoms with van der Waals surface area (Å²) in [5.74, 6) is -0.423. The van der Waals surface area contributed by atoms with Crippen molar-refractivity contribution >= 4 is 49.9 Å². The number of ether oxygens (including phenoxy) is 2. The molecule has 0 aliphatic carbocycles. The van der Waals surface area contributed by atoms with E-state index >= 15 is 0 Å². The maximum absolute atomic E-state index is 11.8. The number of aromatic nitrogens is 8. The van der Waals surface area contributed by atoms with Crippen LogP contribution in [-0.4, -0.2) is 119 Å². The normalized spacial score (nSPS) is 28.6. The molecule has 12 N–H and O–H groups in total. The van der Waals surface area contributed by atoms with Crippen molar-refractivity contribution < 1.29 is 127 Å². The minimum absolute atomic E-state index is 0. The number of rotatable bonds is 8. The van der Waals surface area contributed by atoms with Crippen molar-refractivity contribution in [2.75, 3.05) is 24.7 Å². The third-order valence-electron chi connectivity index (χ3n) is 6.94. The predicted octanol–water partition coefficient (Wildman–Crippen LogP) is -12.4. The molecule has 4 aromatic heterocycles. The van der Waals surface area contributed by atoms with E-state index in [2.05, 4.69) is 39.0 Å². The van der Waals surface area contributed by atoms with Crippen LogP contribution in [0.1, 0.15) is 12.5 Å². The SMILES string of the molecule is Nc1nc2c(ncn2[C@@H]2O[C@H](CO)[C@@H](O)[C@H]2OP(=O)([O-])O)c(=O)[nH]1.Nc1nc2c(ncn2[C@@H]2O[C@H](CO)[C@@H](OP(=O)([O-])O)[C@H]2O)c(=O)[nH]1.[Na+].[Na+]. The topological polar surface area (TPSA) is 418 Å². The number of nitrogens with zero attached hydrogens (tertiary/aromatic N) is 6. The number of anilines is 2. The van der Waals surface area contributed by atoms with Crippen LogP contribution in [0.15, 0.2) is 22.2 Å². The third-order valence-corrected chi connectivity index (χ3v) is 7.96. The molecule has 0 bridgehead atoms. The van der Waals surface area contributed by atoms with Crippen molar-refractivity contribution in [3.63, 3.8) is 0 Å². The molecule has 0 spiro atoms. The summed E-state index contributed by atoms with van der Waals surface area (Å²) in [7, 11) is -10.4. The first-order chi connectivity index (χ1) is 22.4. The van der Waals surface area contributed by atoms with Gasteiger partial charge in [0.1, 0.15) is 36.6 Å². The first kappa shape index (κ1) is 42.7. The average Bonchev–Trinajstić information content (AvgIpc) is 3.73. The van der Waals surface area contributed by atoms with Crippen LogP contribution in [0.2, 0.25) is 0 Å². The molecule has 10 atom stereocenters. The first-order valence-corrected chi connectivity index (χ1v) is 16.2. The Morgan fingerprint density at radius 1 is 0.780 bits per heavy atom. The molecule has 4 aromatic rings. The number of hydrogen-bond donors (Lipinski definition) is 10. The zero-order valence-electron chi connectivity index (χ0n) is 25.7. The van der Waals surface area contributed by atoms with Gasteiger partial charge in [-0.15, -0.1) is 0 Å². The van der Waals surface area contributed by atoms with E-state index in [4.69, 9.17) is 30.7 Å². The minimum atomic E-state index is -5.23. The second-order valence-corrected chi connectivity index (χ2v) is 12.4.